The number of aromatic nitrogens is 2. The first kappa shape index (κ1) is 18.4. The number of urea groups is 1. The lowest BCUT2D eigenvalue weighted by Crippen LogP contribution is -2.43. The largest absolute Gasteiger partial charge is 0.481 e. The molecule has 1 aromatic carbocycles. The Morgan fingerprint density at radius 1 is 1.11 bits per heavy atom. The van der Waals surface area contributed by atoms with Crippen LogP contribution in [0.25, 0.3) is 5.52 Å². The van der Waals surface area contributed by atoms with Crippen LogP contribution in [-0.2, 0) is 17.8 Å². The molecule has 7 nitrogen and oxygen atoms in total. The van der Waals surface area contributed by atoms with Crippen molar-refractivity contribution < 1.29 is 14.7 Å². The molecule has 0 radical (unpaired) electrons. The van der Waals surface area contributed by atoms with Gasteiger partial charge in [0.05, 0.1) is 18.0 Å². The van der Waals surface area contributed by atoms with Crippen LogP contribution >= 0.6 is 0 Å². The Bertz CT molecular complexity index is 908. The third-order valence-corrected chi connectivity index (χ3v) is 4.29. The number of carbonyl (C=O) groups is 2. The predicted octanol–water partition coefficient (Wildman–Crippen LogP) is 2.61. The molecule has 0 aliphatic carbocycles. The lowest BCUT2D eigenvalue weighted by molar-refractivity contribution is -0.137. The Labute approximate surface area is 157 Å². The molecule has 0 spiro atoms. The number of hydrogen-bond donors (Lipinski definition) is 3. The summed E-state index contributed by atoms with van der Waals surface area (Å²) in [5.41, 5.74) is 2.99. The number of pyridine rings is 1. The quantitative estimate of drug-likeness (QED) is 0.571. The molecule has 2 heterocycles. The van der Waals surface area contributed by atoms with Gasteiger partial charge in [-0.2, -0.15) is 0 Å². The van der Waals surface area contributed by atoms with Crippen LogP contribution in [0.4, 0.5) is 4.79 Å². The maximum atomic E-state index is 12.3. The van der Waals surface area contributed by atoms with E-state index in [1.165, 1.54) is 0 Å². The predicted molar refractivity (Wildman–Crippen MR) is 101 cm³/mol. The van der Waals surface area contributed by atoms with Gasteiger partial charge in [0.2, 0.25) is 0 Å². The van der Waals surface area contributed by atoms with Gasteiger partial charge in [-0.05, 0) is 30.0 Å². The van der Waals surface area contributed by atoms with E-state index < -0.39 is 5.97 Å². The fourth-order valence-electron chi connectivity index (χ4n) is 2.91. The fourth-order valence-corrected chi connectivity index (χ4v) is 2.91. The zero-order valence-corrected chi connectivity index (χ0v) is 14.8. The van der Waals surface area contributed by atoms with Gasteiger partial charge in [-0.1, -0.05) is 36.4 Å². The molecule has 3 rings (SSSR count). The number of carboxylic acids is 1. The molecule has 0 aliphatic rings. The van der Waals surface area contributed by atoms with E-state index in [2.05, 4.69) is 15.6 Å². The third-order valence-electron chi connectivity index (χ3n) is 4.29. The SMILES string of the molecule is O=C(O)CCC(Cc1ccccc1)NC(=O)NCc1ccc2cncn2c1. The van der Waals surface area contributed by atoms with Crippen molar-refractivity contribution in [2.45, 2.75) is 31.8 Å². The van der Waals surface area contributed by atoms with E-state index in [1.54, 1.807) is 12.5 Å². The zero-order valence-electron chi connectivity index (χ0n) is 14.8. The van der Waals surface area contributed by atoms with E-state index in [4.69, 9.17) is 5.11 Å². The van der Waals surface area contributed by atoms with Gasteiger partial charge in [-0.25, -0.2) is 9.78 Å². The highest BCUT2D eigenvalue weighted by Gasteiger charge is 2.14. The monoisotopic (exact) mass is 366 g/mol. The minimum absolute atomic E-state index is 0.00901. The van der Waals surface area contributed by atoms with Gasteiger partial charge in [0.1, 0.15) is 0 Å². The number of hydrogen-bond acceptors (Lipinski definition) is 3. The van der Waals surface area contributed by atoms with Crippen LogP contribution in [0.1, 0.15) is 24.0 Å². The molecule has 27 heavy (non-hydrogen) atoms. The van der Waals surface area contributed by atoms with Gasteiger partial charge in [0, 0.05) is 25.2 Å². The number of amides is 2. The van der Waals surface area contributed by atoms with Gasteiger partial charge in [-0.15, -0.1) is 0 Å². The Balaban J connectivity index is 1.56. The molecule has 3 N–H and O–H groups in total. The van der Waals surface area contributed by atoms with E-state index in [9.17, 15) is 9.59 Å². The minimum atomic E-state index is -0.871. The summed E-state index contributed by atoms with van der Waals surface area (Å²) in [5, 5.41) is 14.7. The van der Waals surface area contributed by atoms with Crippen LogP contribution in [0, 0.1) is 0 Å². The molecular weight excluding hydrogens is 344 g/mol. The summed E-state index contributed by atoms with van der Waals surface area (Å²) >= 11 is 0. The Hall–Kier alpha value is -3.35. The van der Waals surface area contributed by atoms with Crippen molar-refractivity contribution in [2.75, 3.05) is 0 Å². The molecule has 2 amide bonds. The van der Waals surface area contributed by atoms with Crippen LogP contribution in [-0.4, -0.2) is 32.5 Å². The molecule has 1 unspecified atom stereocenters. The number of benzene rings is 1. The first-order valence-corrected chi connectivity index (χ1v) is 8.81. The molecule has 1 atom stereocenters. The van der Waals surface area contributed by atoms with Gasteiger partial charge in [0.15, 0.2) is 0 Å². The van der Waals surface area contributed by atoms with Crippen molar-refractivity contribution in [3.8, 4) is 0 Å². The highest BCUT2D eigenvalue weighted by Crippen LogP contribution is 2.09. The first-order valence-electron chi connectivity index (χ1n) is 8.81. The van der Waals surface area contributed by atoms with Crippen LogP contribution < -0.4 is 10.6 Å². The maximum absolute atomic E-state index is 12.3. The second-order valence-electron chi connectivity index (χ2n) is 6.41. The first-order chi connectivity index (χ1) is 13.1. The Morgan fingerprint density at radius 3 is 2.70 bits per heavy atom. The molecule has 7 heteroatoms. The summed E-state index contributed by atoms with van der Waals surface area (Å²) in [7, 11) is 0. The molecule has 0 fully saturated rings. The molecule has 0 saturated carbocycles. The summed E-state index contributed by atoms with van der Waals surface area (Å²) in [5.74, 6) is -0.871. The Morgan fingerprint density at radius 2 is 1.93 bits per heavy atom. The topological polar surface area (TPSA) is 95.7 Å². The van der Waals surface area contributed by atoms with E-state index in [1.807, 2.05) is 53.1 Å². The van der Waals surface area contributed by atoms with Crippen LogP contribution in [0.15, 0.2) is 61.2 Å². The fraction of sp³-hybridized carbons (Fsp3) is 0.250. The summed E-state index contributed by atoms with van der Waals surface area (Å²) in [6, 6.07) is 13.0. The number of nitrogens with zero attached hydrogens (tertiary/aromatic N) is 2. The van der Waals surface area contributed by atoms with E-state index in [0.717, 1.165) is 16.6 Å². The normalized spacial score (nSPS) is 11.9. The lowest BCUT2D eigenvalue weighted by atomic mass is 10.0. The van der Waals surface area contributed by atoms with E-state index in [-0.39, 0.29) is 18.5 Å². The average molecular weight is 366 g/mol. The molecule has 0 bridgehead atoms. The van der Waals surface area contributed by atoms with Crippen molar-refractivity contribution in [2.24, 2.45) is 0 Å². The second kappa shape index (κ2) is 8.84. The summed E-state index contributed by atoms with van der Waals surface area (Å²) in [4.78, 5) is 27.3. The van der Waals surface area contributed by atoms with Crippen molar-refractivity contribution in [3.05, 3.63) is 72.3 Å². The number of imidazole rings is 1. The lowest BCUT2D eigenvalue weighted by Gasteiger charge is -2.19. The van der Waals surface area contributed by atoms with Crippen LogP contribution in [0.5, 0.6) is 0 Å². The number of rotatable bonds is 8. The van der Waals surface area contributed by atoms with Crippen LogP contribution in [0.2, 0.25) is 0 Å². The third kappa shape index (κ3) is 5.57. The molecule has 0 saturated heterocycles. The molecular formula is C20H22N4O3. The standard InChI is InChI=1S/C20H22N4O3/c25-19(26)9-7-17(10-15-4-2-1-3-5-15)23-20(27)22-11-16-6-8-18-12-21-14-24(18)13-16/h1-6,8,12-14,17H,7,9-11H2,(H,25,26)(H2,22,23,27). The van der Waals surface area contributed by atoms with Crippen molar-refractivity contribution in [1.29, 1.82) is 0 Å². The zero-order chi connectivity index (χ0) is 19.1. The molecule has 140 valence electrons. The van der Waals surface area contributed by atoms with E-state index >= 15 is 0 Å². The van der Waals surface area contributed by atoms with E-state index in [0.29, 0.717) is 19.4 Å². The number of carbonyl (C=O) groups excluding carboxylic acids is 1. The van der Waals surface area contributed by atoms with Gasteiger partial charge in [-0.3, -0.25) is 4.79 Å². The van der Waals surface area contributed by atoms with Crippen molar-refractivity contribution in [3.63, 3.8) is 0 Å². The summed E-state index contributed by atoms with van der Waals surface area (Å²) < 4.78 is 1.89. The van der Waals surface area contributed by atoms with Gasteiger partial charge in [0.25, 0.3) is 0 Å². The number of nitrogens with one attached hydrogen (secondary N) is 2. The molecule has 0 aliphatic heterocycles. The van der Waals surface area contributed by atoms with Crippen molar-refractivity contribution >= 4 is 17.5 Å². The van der Waals surface area contributed by atoms with Gasteiger partial charge >= 0.3 is 12.0 Å². The summed E-state index contributed by atoms with van der Waals surface area (Å²) in [6.07, 6.45) is 6.35. The number of carboxylic acid groups (broad SMARTS) is 1. The highest BCUT2D eigenvalue weighted by molar-refractivity contribution is 5.74. The molecule has 2 aromatic heterocycles. The van der Waals surface area contributed by atoms with Crippen molar-refractivity contribution in [1.82, 2.24) is 20.0 Å². The smallest absolute Gasteiger partial charge is 0.315 e. The second-order valence-corrected chi connectivity index (χ2v) is 6.41. The number of aliphatic carboxylic acids is 1. The number of fused-ring (bicyclic) bond motifs is 1. The van der Waals surface area contributed by atoms with Crippen LogP contribution in [0.3, 0.4) is 0 Å². The molecule has 3 aromatic rings. The maximum Gasteiger partial charge on any atom is 0.315 e. The summed E-state index contributed by atoms with van der Waals surface area (Å²) in [6.45, 7) is 0.372. The minimum Gasteiger partial charge on any atom is -0.481 e. The Kier molecular flexibility index (Phi) is 6.04. The average Bonchev–Trinajstić information content (AvgIpc) is 3.13. The van der Waals surface area contributed by atoms with Gasteiger partial charge < -0.3 is 20.1 Å². The highest BCUT2D eigenvalue weighted by atomic mass is 16.4.